The molecular weight excluding hydrogens is 296 g/mol. The number of likely N-dealkylation sites (tertiary alicyclic amines) is 1. The van der Waals surface area contributed by atoms with Crippen LogP contribution >= 0.6 is 0 Å². The Bertz CT molecular complexity index is 561. The van der Waals surface area contributed by atoms with Crippen LogP contribution < -0.4 is 5.32 Å². The van der Waals surface area contributed by atoms with Gasteiger partial charge in [0, 0.05) is 31.9 Å². The second-order valence-electron chi connectivity index (χ2n) is 7.01. The van der Waals surface area contributed by atoms with Crippen LogP contribution in [0.5, 0.6) is 0 Å². The molecule has 0 saturated carbocycles. The van der Waals surface area contributed by atoms with Gasteiger partial charge in [-0.2, -0.15) is 5.10 Å². The molecule has 0 atom stereocenters. The van der Waals surface area contributed by atoms with E-state index in [0.717, 1.165) is 18.5 Å². The zero-order chi connectivity index (χ0) is 17.2. The van der Waals surface area contributed by atoms with Crippen molar-refractivity contribution in [3.8, 4) is 0 Å². The number of aryl methyl sites for hydroxylation is 2. The van der Waals surface area contributed by atoms with Crippen molar-refractivity contribution < 1.29 is 14.3 Å². The number of carbonyl (C=O) groups excluding carboxylic acids is 2. The van der Waals surface area contributed by atoms with E-state index in [0.29, 0.717) is 18.8 Å². The van der Waals surface area contributed by atoms with Crippen molar-refractivity contribution in [3.63, 3.8) is 0 Å². The fourth-order valence-electron chi connectivity index (χ4n) is 2.46. The first kappa shape index (κ1) is 17.3. The second kappa shape index (κ2) is 6.60. The quantitative estimate of drug-likeness (QED) is 0.901. The van der Waals surface area contributed by atoms with E-state index in [-0.39, 0.29) is 18.0 Å². The Morgan fingerprint density at radius 1 is 1.30 bits per heavy atom. The summed E-state index contributed by atoms with van der Waals surface area (Å²) in [6.07, 6.45) is 1.15. The minimum atomic E-state index is -0.487. The van der Waals surface area contributed by atoms with Crippen molar-refractivity contribution in [1.82, 2.24) is 20.0 Å². The maximum absolute atomic E-state index is 12.2. The number of hydrogen-bond acceptors (Lipinski definition) is 4. The maximum atomic E-state index is 12.2. The molecule has 2 heterocycles. The number of nitrogens with zero attached hydrogens (tertiary/aromatic N) is 3. The summed E-state index contributed by atoms with van der Waals surface area (Å²) in [5.74, 6) is -0.163. The van der Waals surface area contributed by atoms with Gasteiger partial charge in [-0.05, 0) is 46.6 Å². The topological polar surface area (TPSA) is 76.5 Å². The van der Waals surface area contributed by atoms with Crippen LogP contribution in [-0.2, 0) is 11.8 Å². The van der Waals surface area contributed by atoms with Gasteiger partial charge in [0.1, 0.15) is 11.3 Å². The van der Waals surface area contributed by atoms with E-state index in [1.165, 1.54) is 0 Å². The molecule has 7 nitrogen and oxygen atoms in total. The highest BCUT2D eigenvalue weighted by Crippen LogP contribution is 2.16. The van der Waals surface area contributed by atoms with Crippen LogP contribution in [0.4, 0.5) is 4.79 Å². The number of hydrogen-bond donors (Lipinski definition) is 1. The normalized spacial score (nSPS) is 16.3. The molecule has 1 saturated heterocycles. The Morgan fingerprint density at radius 2 is 1.91 bits per heavy atom. The highest BCUT2D eigenvalue weighted by atomic mass is 16.6. The number of piperidine rings is 1. The predicted molar refractivity (Wildman–Crippen MR) is 86.2 cm³/mol. The average molecular weight is 322 g/mol. The lowest BCUT2D eigenvalue weighted by Crippen LogP contribution is -2.47. The molecule has 0 unspecified atom stereocenters. The summed E-state index contributed by atoms with van der Waals surface area (Å²) < 4.78 is 7.05. The number of carbonyl (C=O) groups is 2. The van der Waals surface area contributed by atoms with Crippen LogP contribution in [0.25, 0.3) is 0 Å². The van der Waals surface area contributed by atoms with Gasteiger partial charge < -0.3 is 15.0 Å². The molecule has 0 aromatic carbocycles. The fourth-order valence-corrected chi connectivity index (χ4v) is 2.46. The molecular formula is C16H26N4O3. The van der Waals surface area contributed by atoms with E-state index in [2.05, 4.69) is 10.4 Å². The van der Waals surface area contributed by atoms with Gasteiger partial charge in [-0.15, -0.1) is 0 Å². The van der Waals surface area contributed by atoms with E-state index < -0.39 is 5.60 Å². The van der Waals surface area contributed by atoms with Gasteiger partial charge in [-0.1, -0.05) is 0 Å². The first-order valence-corrected chi connectivity index (χ1v) is 7.95. The van der Waals surface area contributed by atoms with Gasteiger partial charge in [-0.25, -0.2) is 4.79 Å². The number of aromatic nitrogens is 2. The fraction of sp³-hybridized carbons (Fsp3) is 0.688. The summed E-state index contributed by atoms with van der Waals surface area (Å²) in [7, 11) is 1.81. The third kappa shape index (κ3) is 4.71. The molecule has 128 valence electrons. The Morgan fingerprint density at radius 3 is 2.39 bits per heavy atom. The van der Waals surface area contributed by atoms with Gasteiger partial charge in [0.15, 0.2) is 0 Å². The Hall–Kier alpha value is -2.05. The van der Waals surface area contributed by atoms with E-state index in [1.54, 1.807) is 15.6 Å². The molecule has 2 amide bonds. The Kier molecular flexibility index (Phi) is 4.97. The molecule has 0 aliphatic carbocycles. The summed E-state index contributed by atoms with van der Waals surface area (Å²) in [6.45, 7) is 8.64. The van der Waals surface area contributed by atoms with Crippen LogP contribution in [-0.4, -0.2) is 51.4 Å². The first-order valence-electron chi connectivity index (χ1n) is 7.95. The Balaban J connectivity index is 1.83. The van der Waals surface area contributed by atoms with Gasteiger partial charge in [0.2, 0.25) is 0 Å². The summed E-state index contributed by atoms with van der Waals surface area (Å²) in [6, 6.07) is 1.83. The van der Waals surface area contributed by atoms with E-state index >= 15 is 0 Å². The van der Waals surface area contributed by atoms with Gasteiger partial charge in [0.05, 0.1) is 0 Å². The lowest BCUT2D eigenvalue weighted by molar-refractivity contribution is 0.0199. The SMILES string of the molecule is Cc1cc(C(=O)NC2CCN(C(=O)OC(C)(C)C)CC2)nn1C. The van der Waals surface area contributed by atoms with Gasteiger partial charge in [0.25, 0.3) is 5.91 Å². The monoisotopic (exact) mass is 322 g/mol. The molecule has 0 spiro atoms. The third-order valence-electron chi connectivity index (χ3n) is 3.83. The maximum Gasteiger partial charge on any atom is 0.410 e. The van der Waals surface area contributed by atoms with Crippen LogP contribution in [0.2, 0.25) is 0 Å². The summed E-state index contributed by atoms with van der Waals surface area (Å²) in [5, 5.41) is 7.17. The smallest absolute Gasteiger partial charge is 0.410 e. The zero-order valence-electron chi connectivity index (χ0n) is 14.5. The summed E-state index contributed by atoms with van der Waals surface area (Å²) in [5.41, 5.74) is 0.883. The molecule has 1 aromatic heterocycles. The van der Waals surface area contributed by atoms with Gasteiger partial charge in [-0.3, -0.25) is 9.48 Å². The van der Waals surface area contributed by atoms with Crippen molar-refractivity contribution in [2.75, 3.05) is 13.1 Å². The van der Waals surface area contributed by atoms with Crippen LogP contribution in [0.3, 0.4) is 0 Å². The molecule has 7 heteroatoms. The third-order valence-corrected chi connectivity index (χ3v) is 3.83. The molecule has 1 aliphatic rings. The first-order chi connectivity index (χ1) is 10.7. The van der Waals surface area contributed by atoms with Crippen molar-refractivity contribution in [1.29, 1.82) is 0 Å². The minimum Gasteiger partial charge on any atom is -0.444 e. The predicted octanol–water partition coefficient (Wildman–Crippen LogP) is 1.86. The lowest BCUT2D eigenvalue weighted by Gasteiger charge is -2.33. The molecule has 1 aliphatic heterocycles. The lowest BCUT2D eigenvalue weighted by atomic mass is 10.1. The number of rotatable bonds is 2. The van der Waals surface area contributed by atoms with Crippen LogP contribution in [0, 0.1) is 6.92 Å². The Labute approximate surface area is 137 Å². The van der Waals surface area contributed by atoms with Crippen molar-refractivity contribution >= 4 is 12.0 Å². The number of ether oxygens (including phenoxy) is 1. The summed E-state index contributed by atoms with van der Waals surface area (Å²) in [4.78, 5) is 25.9. The van der Waals surface area contributed by atoms with E-state index in [4.69, 9.17) is 4.74 Å². The molecule has 0 bridgehead atoms. The van der Waals surface area contributed by atoms with E-state index in [9.17, 15) is 9.59 Å². The zero-order valence-corrected chi connectivity index (χ0v) is 14.5. The largest absolute Gasteiger partial charge is 0.444 e. The van der Waals surface area contributed by atoms with Crippen LogP contribution in [0.1, 0.15) is 49.8 Å². The van der Waals surface area contributed by atoms with Gasteiger partial charge >= 0.3 is 6.09 Å². The molecule has 0 radical (unpaired) electrons. The highest BCUT2D eigenvalue weighted by Gasteiger charge is 2.27. The average Bonchev–Trinajstić information content (AvgIpc) is 2.78. The van der Waals surface area contributed by atoms with Crippen molar-refractivity contribution in [2.24, 2.45) is 7.05 Å². The molecule has 1 N–H and O–H groups in total. The molecule has 2 rings (SSSR count). The molecule has 23 heavy (non-hydrogen) atoms. The second-order valence-corrected chi connectivity index (χ2v) is 7.01. The van der Waals surface area contributed by atoms with E-state index in [1.807, 2.05) is 34.7 Å². The van der Waals surface area contributed by atoms with Crippen LogP contribution in [0.15, 0.2) is 6.07 Å². The minimum absolute atomic E-state index is 0.0588. The van der Waals surface area contributed by atoms with Crippen molar-refractivity contribution in [2.45, 2.75) is 52.2 Å². The highest BCUT2D eigenvalue weighted by molar-refractivity contribution is 5.92. The summed E-state index contributed by atoms with van der Waals surface area (Å²) >= 11 is 0. The molecule has 1 fully saturated rings. The standard InChI is InChI=1S/C16H26N4O3/c1-11-10-13(18-19(11)5)14(21)17-12-6-8-20(9-7-12)15(22)23-16(2,3)4/h10,12H,6-9H2,1-5H3,(H,17,21). The number of amides is 2. The van der Waals surface area contributed by atoms with Crippen molar-refractivity contribution in [3.05, 3.63) is 17.5 Å². The molecule has 1 aromatic rings. The number of nitrogens with one attached hydrogen (secondary N) is 1.